The average molecular weight is 340 g/mol. The molecule has 6 nitrogen and oxygen atoms in total. The Bertz CT molecular complexity index is 773. The highest BCUT2D eigenvalue weighted by Gasteiger charge is 2.31. The Morgan fingerprint density at radius 3 is 2.84 bits per heavy atom. The number of hydrogen-bond acceptors (Lipinski definition) is 4. The summed E-state index contributed by atoms with van der Waals surface area (Å²) in [4.78, 5) is 29.4. The molecule has 1 aromatic heterocycles. The van der Waals surface area contributed by atoms with Gasteiger partial charge in [-0.2, -0.15) is 0 Å². The number of rotatable bonds is 5. The van der Waals surface area contributed by atoms with Crippen molar-refractivity contribution in [1.29, 1.82) is 0 Å². The van der Waals surface area contributed by atoms with Gasteiger partial charge in [0.05, 0.1) is 12.1 Å². The molecule has 0 saturated carbocycles. The molecular weight excluding hydrogens is 320 g/mol. The van der Waals surface area contributed by atoms with Crippen LogP contribution in [0.2, 0.25) is 0 Å². The highest BCUT2D eigenvalue weighted by molar-refractivity contribution is 5.95. The number of hydrogen-bond donors (Lipinski definition) is 1. The molecule has 6 heteroatoms. The van der Waals surface area contributed by atoms with E-state index >= 15 is 0 Å². The van der Waals surface area contributed by atoms with Crippen LogP contribution in [0.25, 0.3) is 0 Å². The molecule has 25 heavy (non-hydrogen) atoms. The summed E-state index contributed by atoms with van der Waals surface area (Å²) >= 11 is 0. The minimum Gasteiger partial charge on any atom is -0.487 e. The first-order valence-corrected chi connectivity index (χ1v) is 8.19. The fraction of sp³-hybridized carbons (Fsp3) is 0.316. The van der Waals surface area contributed by atoms with Crippen LogP contribution in [0.5, 0.6) is 5.75 Å². The second-order valence-electron chi connectivity index (χ2n) is 6.20. The first-order chi connectivity index (χ1) is 12.0. The SMILES string of the molecule is Cc1ccc(OCc2cccc(C(=O)N3CCC(C(=O)O)C3)c2)cn1. The minimum atomic E-state index is -0.843. The second kappa shape index (κ2) is 7.34. The Morgan fingerprint density at radius 2 is 2.16 bits per heavy atom. The first-order valence-electron chi connectivity index (χ1n) is 8.19. The summed E-state index contributed by atoms with van der Waals surface area (Å²) in [5.74, 6) is -0.776. The number of carboxylic acids is 1. The molecule has 1 fully saturated rings. The molecule has 130 valence electrons. The van der Waals surface area contributed by atoms with E-state index in [1.807, 2.05) is 31.2 Å². The highest BCUT2D eigenvalue weighted by atomic mass is 16.5. The van der Waals surface area contributed by atoms with Gasteiger partial charge in [-0.1, -0.05) is 12.1 Å². The van der Waals surface area contributed by atoms with E-state index in [1.54, 1.807) is 23.2 Å². The fourth-order valence-corrected chi connectivity index (χ4v) is 2.83. The van der Waals surface area contributed by atoms with Crippen LogP contribution in [0, 0.1) is 12.8 Å². The number of nitrogens with zero attached hydrogens (tertiary/aromatic N) is 2. The summed E-state index contributed by atoms with van der Waals surface area (Å²) in [5.41, 5.74) is 2.35. The standard InChI is InChI=1S/C19H20N2O4/c1-13-5-6-17(10-20-13)25-12-14-3-2-4-15(9-14)18(22)21-8-7-16(11-21)19(23)24/h2-6,9-10,16H,7-8,11-12H2,1H3,(H,23,24). The molecule has 0 radical (unpaired) electrons. The summed E-state index contributed by atoms with van der Waals surface area (Å²) in [6, 6.07) is 11.0. The molecule has 1 aliphatic heterocycles. The van der Waals surface area contributed by atoms with Crippen molar-refractivity contribution in [3.05, 3.63) is 59.4 Å². The Morgan fingerprint density at radius 1 is 1.32 bits per heavy atom. The van der Waals surface area contributed by atoms with Gasteiger partial charge in [-0.15, -0.1) is 0 Å². The van der Waals surface area contributed by atoms with E-state index in [9.17, 15) is 9.59 Å². The van der Waals surface area contributed by atoms with Gasteiger partial charge < -0.3 is 14.7 Å². The third-order valence-electron chi connectivity index (χ3n) is 4.29. The van der Waals surface area contributed by atoms with Crippen LogP contribution in [-0.4, -0.2) is 40.0 Å². The predicted molar refractivity (Wildman–Crippen MR) is 91.4 cm³/mol. The number of amides is 1. The molecule has 2 aromatic rings. The zero-order chi connectivity index (χ0) is 17.8. The zero-order valence-corrected chi connectivity index (χ0v) is 14.0. The molecule has 0 aliphatic carbocycles. The minimum absolute atomic E-state index is 0.136. The van der Waals surface area contributed by atoms with Crippen LogP contribution >= 0.6 is 0 Å². The van der Waals surface area contributed by atoms with Gasteiger partial charge in [0.1, 0.15) is 12.4 Å². The molecule has 1 saturated heterocycles. The summed E-state index contributed by atoms with van der Waals surface area (Å²) in [5, 5.41) is 9.06. The third-order valence-corrected chi connectivity index (χ3v) is 4.29. The maximum atomic E-state index is 12.6. The number of carbonyl (C=O) groups excluding carboxylic acids is 1. The average Bonchev–Trinajstić information content (AvgIpc) is 3.11. The Hall–Kier alpha value is -2.89. The number of likely N-dealkylation sites (tertiary alicyclic amines) is 1. The molecule has 1 N–H and O–H groups in total. The van der Waals surface area contributed by atoms with Crippen LogP contribution in [0.1, 0.15) is 28.0 Å². The van der Waals surface area contributed by atoms with E-state index in [1.165, 1.54) is 0 Å². The van der Waals surface area contributed by atoms with Crippen molar-refractivity contribution in [2.45, 2.75) is 20.0 Å². The quantitative estimate of drug-likeness (QED) is 0.905. The van der Waals surface area contributed by atoms with Gasteiger partial charge in [0, 0.05) is 24.3 Å². The van der Waals surface area contributed by atoms with Gasteiger partial charge in [0.25, 0.3) is 5.91 Å². The normalized spacial score (nSPS) is 16.7. The van der Waals surface area contributed by atoms with Crippen LogP contribution in [-0.2, 0) is 11.4 Å². The lowest BCUT2D eigenvalue weighted by molar-refractivity contribution is -0.141. The monoisotopic (exact) mass is 340 g/mol. The number of pyridine rings is 1. The molecular formula is C19H20N2O4. The summed E-state index contributed by atoms with van der Waals surface area (Å²) < 4.78 is 5.69. The Kier molecular flexibility index (Phi) is 4.97. The van der Waals surface area contributed by atoms with E-state index in [0.29, 0.717) is 30.9 Å². The lowest BCUT2D eigenvalue weighted by atomic mass is 10.1. The number of aromatic nitrogens is 1. The zero-order valence-electron chi connectivity index (χ0n) is 14.0. The summed E-state index contributed by atoms with van der Waals surface area (Å²) in [6.45, 7) is 2.99. The van der Waals surface area contributed by atoms with Crippen LogP contribution in [0.3, 0.4) is 0 Å². The van der Waals surface area contributed by atoms with Crippen LogP contribution in [0.15, 0.2) is 42.6 Å². The van der Waals surface area contributed by atoms with Crippen molar-refractivity contribution in [2.24, 2.45) is 5.92 Å². The number of benzene rings is 1. The van der Waals surface area contributed by atoms with Crippen molar-refractivity contribution in [2.75, 3.05) is 13.1 Å². The Balaban J connectivity index is 1.64. The molecule has 0 bridgehead atoms. The van der Waals surface area contributed by atoms with Gasteiger partial charge in [-0.25, -0.2) is 0 Å². The molecule has 1 amide bonds. The van der Waals surface area contributed by atoms with Crippen molar-refractivity contribution in [1.82, 2.24) is 9.88 Å². The van der Waals surface area contributed by atoms with Crippen molar-refractivity contribution >= 4 is 11.9 Å². The lowest BCUT2D eigenvalue weighted by Crippen LogP contribution is -2.30. The predicted octanol–water partition coefficient (Wildman–Crippen LogP) is 2.52. The van der Waals surface area contributed by atoms with Gasteiger partial charge in [0.15, 0.2) is 0 Å². The van der Waals surface area contributed by atoms with Crippen molar-refractivity contribution in [3.8, 4) is 5.75 Å². The van der Waals surface area contributed by atoms with E-state index in [2.05, 4.69) is 4.98 Å². The maximum absolute atomic E-state index is 12.6. The molecule has 1 aliphatic rings. The summed E-state index contributed by atoms with van der Waals surface area (Å²) in [7, 11) is 0. The van der Waals surface area contributed by atoms with E-state index in [0.717, 1.165) is 11.3 Å². The lowest BCUT2D eigenvalue weighted by Gasteiger charge is -2.16. The second-order valence-corrected chi connectivity index (χ2v) is 6.20. The van der Waals surface area contributed by atoms with Crippen LogP contribution < -0.4 is 4.74 Å². The highest BCUT2D eigenvalue weighted by Crippen LogP contribution is 2.20. The first kappa shape index (κ1) is 17.0. The summed E-state index contributed by atoms with van der Waals surface area (Å²) in [6.07, 6.45) is 2.17. The van der Waals surface area contributed by atoms with Crippen LogP contribution in [0.4, 0.5) is 0 Å². The molecule has 3 rings (SSSR count). The molecule has 1 atom stereocenters. The van der Waals surface area contributed by atoms with E-state index < -0.39 is 11.9 Å². The van der Waals surface area contributed by atoms with E-state index in [4.69, 9.17) is 9.84 Å². The number of aryl methyl sites for hydroxylation is 1. The number of ether oxygens (including phenoxy) is 1. The smallest absolute Gasteiger partial charge is 0.308 e. The number of carbonyl (C=O) groups is 2. The molecule has 0 spiro atoms. The fourth-order valence-electron chi connectivity index (χ4n) is 2.83. The van der Waals surface area contributed by atoms with Gasteiger partial charge >= 0.3 is 5.97 Å². The molecule has 2 heterocycles. The van der Waals surface area contributed by atoms with Gasteiger partial charge in [-0.3, -0.25) is 14.6 Å². The van der Waals surface area contributed by atoms with Crippen molar-refractivity contribution in [3.63, 3.8) is 0 Å². The maximum Gasteiger partial charge on any atom is 0.308 e. The van der Waals surface area contributed by atoms with E-state index in [-0.39, 0.29) is 12.5 Å². The Labute approximate surface area is 146 Å². The topological polar surface area (TPSA) is 79.7 Å². The largest absolute Gasteiger partial charge is 0.487 e. The van der Waals surface area contributed by atoms with Gasteiger partial charge in [0.2, 0.25) is 0 Å². The number of carboxylic acid groups (broad SMARTS) is 1. The molecule has 1 aromatic carbocycles. The molecule has 1 unspecified atom stereocenters. The van der Waals surface area contributed by atoms with Gasteiger partial charge in [-0.05, 0) is 43.2 Å². The number of aliphatic carboxylic acids is 1. The van der Waals surface area contributed by atoms with Crippen molar-refractivity contribution < 1.29 is 19.4 Å². The third kappa shape index (κ3) is 4.15.